The van der Waals surface area contributed by atoms with E-state index >= 15 is 0 Å². The number of carbonyl (C=O) groups excluding carboxylic acids is 4. The average molecular weight is 492 g/mol. The van der Waals surface area contributed by atoms with Crippen LogP contribution in [0.25, 0.3) is 0 Å². The summed E-state index contributed by atoms with van der Waals surface area (Å²) in [4.78, 5) is 64.8. The molecule has 1 atom stereocenters. The summed E-state index contributed by atoms with van der Waals surface area (Å²) >= 11 is 6.23. The highest BCUT2D eigenvalue weighted by molar-refractivity contribution is 6.34. The lowest BCUT2D eigenvalue weighted by Crippen LogP contribution is -2.57. The quantitative estimate of drug-likeness (QED) is 0.207. The number of hydrogen-bond acceptors (Lipinski definition) is 6. The number of benzene rings is 3. The second-order valence-electron chi connectivity index (χ2n) is 7.66. The highest BCUT2D eigenvalue weighted by atomic mass is 35.5. The number of imide groups is 1. The van der Waals surface area contributed by atoms with Crippen LogP contribution in [0.5, 0.6) is 0 Å². The van der Waals surface area contributed by atoms with Gasteiger partial charge in [-0.2, -0.15) is 5.01 Å². The molecule has 0 bridgehead atoms. The molecule has 1 aliphatic rings. The third-order valence-electron chi connectivity index (χ3n) is 5.64. The lowest BCUT2D eigenvalue weighted by molar-refractivity contribution is -0.385. The average Bonchev–Trinajstić information content (AvgIpc) is 3.12. The molecule has 176 valence electrons. The molecular weight excluding hydrogens is 474 g/mol. The molecule has 0 aromatic heterocycles. The van der Waals surface area contributed by atoms with E-state index in [0.29, 0.717) is 5.01 Å². The SMILES string of the molecule is CC[C@H](C(=O)c1ccccc1)N(C(=O)c1ccccc1Cl)N1C(=O)c2cccc([N+](=O)[O-])c2C1=O. The molecule has 3 amide bonds. The van der Waals surface area contributed by atoms with E-state index < -0.39 is 45.7 Å². The van der Waals surface area contributed by atoms with Gasteiger partial charge in [-0.25, -0.2) is 5.01 Å². The fourth-order valence-corrected chi connectivity index (χ4v) is 4.21. The van der Waals surface area contributed by atoms with Crippen LogP contribution in [0.2, 0.25) is 5.02 Å². The van der Waals surface area contributed by atoms with Crippen LogP contribution in [-0.4, -0.2) is 44.5 Å². The Labute approximate surface area is 204 Å². The van der Waals surface area contributed by atoms with Gasteiger partial charge >= 0.3 is 0 Å². The van der Waals surface area contributed by atoms with Gasteiger partial charge in [0, 0.05) is 11.6 Å². The Balaban J connectivity index is 1.89. The third kappa shape index (κ3) is 4.06. The topological polar surface area (TPSA) is 118 Å². The lowest BCUT2D eigenvalue weighted by Gasteiger charge is -2.35. The number of fused-ring (bicyclic) bond motifs is 1. The maximum atomic E-state index is 13.8. The van der Waals surface area contributed by atoms with Crippen molar-refractivity contribution < 1.29 is 24.1 Å². The predicted octanol–water partition coefficient (Wildman–Crippen LogP) is 4.56. The van der Waals surface area contributed by atoms with E-state index in [2.05, 4.69) is 0 Å². The van der Waals surface area contributed by atoms with Crippen molar-refractivity contribution >= 4 is 40.8 Å². The Bertz CT molecular complexity index is 1370. The molecular formula is C25H18ClN3O6. The highest BCUT2D eigenvalue weighted by Crippen LogP contribution is 2.34. The molecule has 0 radical (unpaired) electrons. The van der Waals surface area contributed by atoms with Gasteiger partial charge in [0.2, 0.25) is 0 Å². The molecule has 10 heteroatoms. The molecule has 0 aliphatic carbocycles. The van der Waals surface area contributed by atoms with Crippen LogP contribution in [0.4, 0.5) is 5.69 Å². The second-order valence-corrected chi connectivity index (χ2v) is 8.07. The fraction of sp³-hybridized carbons (Fsp3) is 0.120. The maximum Gasteiger partial charge on any atom is 0.287 e. The number of nitrogens with zero attached hydrogens (tertiary/aromatic N) is 3. The number of ketones is 1. The number of hydrogen-bond donors (Lipinski definition) is 0. The number of hydrazine groups is 1. The first-order chi connectivity index (χ1) is 16.8. The molecule has 0 saturated carbocycles. The van der Waals surface area contributed by atoms with E-state index in [1.54, 1.807) is 49.4 Å². The summed E-state index contributed by atoms with van der Waals surface area (Å²) in [7, 11) is 0. The molecule has 3 aromatic rings. The number of nitro benzene ring substituents is 1. The van der Waals surface area contributed by atoms with Gasteiger partial charge in [0.1, 0.15) is 11.6 Å². The summed E-state index contributed by atoms with van der Waals surface area (Å²) in [6, 6.07) is 16.5. The molecule has 1 aliphatic heterocycles. The third-order valence-corrected chi connectivity index (χ3v) is 5.97. The van der Waals surface area contributed by atoms with Gasteiger partial charge in [0.15, 0.2) is 5.78 Å². The van der Waals surface area contributed by atoms with Crippen molar-refractivity contribution in [1.82, 2.24) is 10.0 Å². The Hall–Kier alpha value is -4.37. The summed E-state index contributed by atoms with van der Waals surface area (Å²) < 4.78 is 0. The first-order valence-corrected chi connectivity index (χ1v) is 11.0. The van der Waals surface area contributed by atoms with Crippen LogP contribution in [0.15, 0.2) is 72.8 Å². The number of halogens is 1. The van der Waals surface area contributed by atoms with Crippen molar-refractivity contribution in [3.05, 3.63) is 110 Å². The van der Waals surface area contributed by atoms with Gasteiger partial charge < -0.3 is 0 Å². The van der Waals surface area contributed by atoms with Crippen LogP contribution in [0.3, 0.4) is 0 Å². The minimum absolute atomic E-state index is 0.0411. The molecule has 4 rings (SSSR count). The summed E-state index contributed by atoms with van der Waals surface area (Å²) in [5, 5.41) is 12.9. The Morgan fingerprint density at radius 3 is 2.26 bits per heavy atom. The van der Waals surface area contributed by atoms with E-state index in [-0.39, 0.29) is 28.1 Å². The van der Waals surface area contributed by atoms with Crippen LogP contribution in [-0.2, 0) is 0 Å². The van der Waals surface area contributed by atoms with Gasteiger partial charge in [-0.15, -0.1) is 0 Å². The number of carbonyl (C=O) groups is 4. The van der Waals surface area contributed by atoms with E-state index in [1.165, 1.54) is 24.3 Å². The lowest BCUT2D eigenvalue weighted by atomic mass is 10.0. The summed E-state index contributed by atoms with van der Waals surface area (Å²) in [6.45, 7) is 1.62. The van der Waals surface area contributed by atoms with Crippen molar-refractivity contribution in [3.8, 4) is 0 Å². The van der Waals surface area contributed by atoms with Crippen molar-refractivity contribution in [2.24, 2.45) is 0 Å². The van der Waals surface area contributed by atoms with Crippen LogP contribution >= 0.6 is 11.6 Å². The second kappa shape index (κ2) is 9.47. The number of Topliss-reactive ketones (excluding diaryl/α,β-unsaturated/α-hetero) is 1. The van der Waals surface area contributed by atoms with Gasteiger partial charge in [0.25, 0.3) is 23.4 Å². The number of amides is 3. The van der Waals surface area contributed by atoms with Crippen LogP contribution in [0, 0.1) is 10.1 Å². The van der Waals surface area contributed by atoms with Crippen LogP contribution in [0.1, 0.15) is 54.8 Å². The molecule has 0 fully saturated rings. The van der Waals surface area contributed by atoms with E-state index in [1.807, 2.05) is 0 Å². The fourth-order valence-electron chi connectivity index (χ4n) is 4.00. The Kier molecular flexibility index (Phi) is 6.44. The molecule has 9 nitrogen and oxygen atoms in total. The molecule has 3 aromatic carbocycles. The molecule has 1 heterocycles. The van der Waals surface area contributed by atoms with Crippen LogP contribution < -0.4 is 0 Å². The molecule has 35 heavy (non-hydrogen) atoms. The highest BCUT2D eigenvalue weighted by Gasteiger charge is 2.48. The minimum Gasteiger partial charge on any atom is -0.292 e. The maximum absolute atomic E-state index is 13.8. The summed E-state index contributed by atoms with van der Waals surface area (Å²) in [6.07, 6.45) is 0.0411. The van der Waals surface area contributed by atoms with Crippen molar-refractivity contribution in [2.45, 2.75) is 19.4 Å². The first-order valence-electron chi connectivity index (χ1n) is 10.6. The molecule has 0 saturated heterocycles. The largest absolute Gasteiger partial charge is 0.292 e. The molecule has 0 N–H and O–H groups in total. The standard InChI is InChI=1S/C25H18ClN3O6/c1-2-19(22(30)15-9-4-3-5-10-15)27(23(31)16-11-6-7-13-18(16)26)28-24(32)17-12-8-14-20(29(34)35)21(17)25(28)33/h3-14,19H,2H2,1H3/t19-/m1/s1. The summed E-state index contributed by atoms with van der Waals surface area (Å²) in [5.74, 6) is -3.41. The monoisotopic (exact) mass is 491 g/mol. The normalized spacial score (nSPS) is 13.4. The van der Waals surface area contributed by atoms with Gasteiger partial charge in [0.05, 0.1) is 21.1 Å². The zero-order valence-electron chi connectivity index (χ0n) is 18.4. The Morgan fingerprint density at radius 2 is 1.63 bits per heavy atom. The number of rotatable bonds is 7. The zero-order chi connectivity index (χ0) is 25.3. The number of nitro groups is 1. The minimum atomic E-state index is -1.28. The first kappa shape index (κ1) is 23.8. The Morgan fingerprint density at radius 1 is 0.971 bits per heavy atom. The van der Waals surface area contributed by atoms with E-state index in [4.69, 9.17) is 11.6 Å². The zero-order valence-corrected chi connectivity index (χ0v) is 19.1. The molecule has 0 spiro atoms. The van der Waals surface area contributed by atoms with E-state index in [0.717, 1.165) is 11.1 Å². The van der Waals surface area contributed by atoms with Crippen molar-refractivity contribution in [3.63, 3.8) is 0 Å². The van der Waals surface area contributed by atoms with Gasteiger partial charge in [-0.3, -0.25) is 29.3 Å². The molecule has 0 unspecified atom stereocenters. The van der Waals surface area contributed by atoms with Crippen molar-refractivity contribution in [2.75, 3.05) is 0 Å². The van der Waals surface area contributed by atoms with Crippen molar-refractivity contribution in [1.29, 1.82) is 0 Å². The smallest absolute Gasteiger partial charge is 0.287 e. The van der Waals surface area contributed by atoms with Gasteiger partial charge in [-0.1, -0.05) is 67.1 Å². The summed E-state index contributed by atoms with van der Waals surface area (Å²) in [5.41, 5.74) is -1.03. The predicted molar refractivity (Wildman–Crippen MR) is 126 cm³/mol. The van der Waals surface area contributed by atoms with E-state index in [9.17, 15) is 29.3 Å². The van der Waals surface area contributed by atoms with Gasteiger partial charge in [-0.05, 0) is 24.6 Å².